The van der Waals surface area contributed by atoms with Crippen LogP contribution in [0.25, 0.3) is 0 Å². The smallest absolute Gasteiger partial charge is 0.337 e. The molecule has 2 aromatic rings. The number of halogens is 1. The van der Waals surface area contributed by atoms with E-state index in [4.69, 9.17) is 27.2 Å². The fourth-order valence-corrected chi connectivity index (χ4v) is 1.72. The number of benzene rings is 2. The van der Waals surface area contributed by atoms with Crippen LogP contribution in [0.1, 0.15) is 15.9 Å². The van der Waals surface area contributed by atoms with Crippen LogP contribution >= 0.6 is 11.6 Å². The first-order valence-corrected chi connectivity index (χ1v) is 5.92. The number of hydrogen-bond donors (Lipinski definition) is 2. The van der Waals surface area contributed by atoms with E-state index in [9.17, 15) is 4.79 Å². The molecule has 0 bridgehead atoms. The van der Waals surface area contributed by atoms with E-state index in [0.29, 0.717) is 16.5 Å². The maximum Gasteiger partial charge on any atom is 0.337 e. The highest BCUT2D eigenvalue weighted by molar-refractivity contribution is 6.31. The summed E-state index contributed by atoms with van der Waals surface area (Å²) < 4.78 is 5.58. The lowest BCUT2D eigenvalue weighted by Crippen LogP contribution is -2.02. The van der Waals surface area contributed by atoms with Gasteiger partial charge in [0.05, 0.1) is 5.56 Å². The lowest BCUT2D eigenvalue weighted by Gasteiger charge is -2.09. The second-order valence-electron chi connectivity index (χ2n) is 4.07. The molecule has 3 N–H and O–H groups in total. The van der Waals surface area contributed by atoms with Crippen molar-refractivity contribution in [1.82, 2.24) is 0 Å². The van der Waals surface area contributed by atoms with Gasteiger partial charge in [0.25, 0.3) is 0 Å². The average molecular weight is 278 g/mol. The summed E-state index contributed by atoms with van der Waals surface area (Å²) in [5.41, 5.74) is 6.67. The highest BCUT2D eigenvalue weighted by Gasteiger charge is 2.10. The van der Waals surface area contributed by atoms with Crippen molar-refractivity contribution in [3.8, 4) is 11.5 Å². The zero-order chi connectivity index (χ0) is 14.0. The Hall–Kier alpha value is -2.20. The molecule has 4 nitrogen and oxygen atoms in total. The molecule has 0 saturated carbocycles. The molecular weight excluding hydrogens is 266 g/mol. The van der Waals surface area contributed by atoms with Crippen molar-refractivity contribution in [2.45, 2.75) is 6.92 Å². The Balaban J connectivity index is 2.30. The number of anilines is 1. The maximum atomic E-state index is 11.0. The third kappa shape index (κ3) is 2.98. The van der Waals surface area contributed by atoms with Crippen molar-refractivity contribution >= 4 is 23.3 Å². The van der Waals surface area contributed by atoms with Gasteiger partial charge in [0.2, 0.25) is 0 Å². The molecule has 2 aromatic carbocycles. The molecule has 0 unspecified atom stereocenters. The summed E-state index contributed by atoms with van der Waals surface area (Å²) in [6.07, 6.45) is 0. The van der Waals surface area contributed by atoms with E-state index in [1.807, 2.05) is 6.92 Å². The molecule has 0 heterocycles. The number of nitrogen functional groups attached to an aromatic ring is 1. The van der Waals surface area contributed by atoms with Gasteiger partial charge in [-0.3, -0.25) is 0 Å². The Morgan fingerprint density at radius 2 is 1.84 bits per heavy atom. The number of ether oxygens (including phenoxy) is 1. The van der Waals surface area contributed by atoms with Crippen LogP contribution in [0.5, 0.6) is 11.5 Å². The second-order valence-corrected chi connectivity index (χ2v) is 4.47. The minimum atomic E-state index is -1.09. The molecule has 5 heteroatoms. The monoisotopic (exact) mass is 277 g/mol. The lowest BCUT2D eigenvalue weighted by atomic mass is 10.1. The van der Waals surface area contributed by atoms with Gasteiger partial charge in [0.15, 0.2) is 0 Å². The van der Waals surface area contributed by atoms with E-state index in [1.54, 1.807) is 24.3 Å². The van der Waals surface area contributed by atoms with Crippen molar-refractivity contribution in [2.75, 3.05) is 5.73 Å². The third-order valence-electron chi connectivity index (χ3n) is 2.62. The van der Waals surface area contributed by atoms with Gasteiger partial charge in [-0.1, -0.05) is 11.6 Å². The van der Waals surface area contributed by atoms with Crippen LogP contribution in [-0.2, 0) is 0 Å². The van der Waals surface area contributed by atoms with Gasteiger partial charge in [-0.15, -0.1) is 0 Å². The van der Waals surface area contributed by atoms with Crippen molar-refractivity contribution in [2.24, 2.45) is 0 Å². The van der Waals surface area contributed by atoms with E-state index in [-0.39, 0.29) is 11.3 Å². The topological polar surface area (TPSA) is 72.5 Å². The van der Waals surface area contributed by atoms with Gasteiger partial charge in [0.1, 0.15) is 11.5 Å². The fourth-order valence-electron chi connectivity index (χ4n) is 1.60. The number of carbonyl (C=O) groups is 1. The molecule has 0 radical (unpaired) electrons. The summed E-state index contributed by atoms with van der Waals surface area (Å²) in [5, 5.41) is 9.63. The summed E-state index contributed by atoms with van der Waals surface area (Å²) >= 11 is 5.92. The van der Waals surface area contributed by atoms with E-state index in [2.05, 4.69) is 0 Å². The predicted octanol–water partition coefficient (Wildman–Crippen LogP) is 3.72. The van der Waals surface area contributed by atoms with Gasteiger partial charge < -0.3 is 15.6 Å². The average Bonchev–Trinajstić information content (AvgIpc) is 2.36. The molecule has 0 aliphatic carbocycles. The molecule has 0 aromatic heterocycles. The standard InChI is InChI=1S/C14H12ClNO3/c1-8-6-9(2-4-12(8)15)19-10-3-5-13(16)11(7-10)14(17)18/h2-7H,16H2,1H3,(H,17,18). The quantitative estimate of drug-likeness (QED) is 0.839. The van der Waals surface area contributed by atoms with Crippen LogP contribution in [0, 0.1) is 6.92 Å². The fraction of sp³-hybridized carbons (Fsp3) is 0.0714. The molecular formula is C14H12ClNO3. The maximum absolute atomic E-state index is 11.0. The summed E-state index contributed by atoms with van der Waals surface area (Å²) in [4.78, 5) is 11.0. The van der Waals surface area contributed by atoms with Crippen LogP contribution in [-0.4, -0.2) is 11.1 Å². The minimum Gasteiger partial charge on any atom is -0.478 e. The van der Waals surface area contributed by atoms with Gasteiger partial charge in [-0.05, 0) is 48.9 Å². The minimum absolute atomic E-state index is 0.0168. The van der Waals surface area contributed by atoms with Crippen molar-refractivity contribution < 1.29 is 14.6 Å². The largest absolute Gasteiger partial charge is 0.478 e. The molecule has 98 valence electrons. The Bertz CT molecular complexity index is 641. The van der Waals surface area contributed by atoms with Gasteiger partial charge in [0, 0.05) is 10.7 Å². The lowest BCUT2D eigenvalue weighted by molar-refractivity contribution is 0.0697. The molecule has 2 rings (SSSR count). The van der Waals surface area contributed by atoms with Gasteiger partial charge in [-0.25, -0.2) is 4.79 Å². The molecule has 0 spiro atoms. The van der Waals surface area contributed by atoms with Crippen LogP contribution in [0.3, 0.4) is 0 Å². The van der Waals surface area contributed by atoms with Crippen molar-refractivity contribution in [3.05, 3.63) is 52.5 Å². The number of rotatable bonds is 3. The zero-order valence-electron chi connectivity index (χ0n) is 10.2. The molecule has 0 aliphatic heterocycles. The Morgan fingerprint density at radius 1 is 1.21 bits per heavy atom. The number of carboxylic acids is 1. The van der Waals surface area contributed by atoms with Crippen molar-refractivity contribution in [3.63, 3.8) is 0 Å². The third-order valence-corrected chi connectivity index (χ3v) is 3.04. The van der Waals surface area contributed by atoms with E-state index >= 15 is 0 Å². The Kier molecular flexibility index (Phi) is 3.62. The predicted molar refractivity (Wildman–Crippen MR) is 74.1 cm³/mol. The number of aromatic carboxylic acids is 1. The second kappa shape index (κ2) is 5.20. The van der Waals surface area contributed by atoms with Crippen LogP contribution < -0.4 is 10.5 Å². The summed E-state index contributed by atoms with van der Waals surface area (Å²) in [6, 6.07) is 9.72. The van der Waals surface area contributed by atoms with Crippen LogP contribution in [0.2, 0.25) is 5.02 Å². The molecule has 0 atom stereocenters. The summed E-state index contributed by atoms with van der Waals surface area (Å²) in [5.74, 6) is -0.0911. The number of carboxylic acid groups (broad SMARTS) is 1. The molecule has 0 aliphatic rings. The van der Waals surface area contributed by atoms with E-state index < -0.39 is 5.97 Å². The highest BCUT2D eigenvalue weighted by Crippen LogP contribution is 2.28. The molecule has 0 amide bonds. The molecule has 0 fully saturated rings. The van der Waals surface area contributed by atoms with Gasteiger partial charge >= 0.3 is 5.97 Å². The van der Waals surface area contributed by atoms with Gasteiger partial charge in [-0.2, -0.15) is 0 Å². The zero-order valence-corrected chi connectivity index (χ0v) is 10.9. The Labute approximate surface area is 115 Å². The van der Waals surface area contributed by atoms with Crippen molar-refractivity contribution in [1.29, 1.82) is 0 Å². The van der Waals surface area contributed by atoms with E-state index in [0.717, 1.165) is 5.56 Å². The summed E-state index contributed by atoms with van der Waals surface area (Å²) in [7, 11) is 0. The van der Waals surface area contributed by atoms with Crippen LogP contribution in [0.15, 0.2) is 36.4 Å². The normalized spacial score (nSPS) is 10.2. The highest BCUT2D eigenvalue weighted by atomic mass is 35.5. The molecule has 19 heavy (non-hydrogen) atoms. The first kappa shape index (κ1) is 13.2. The molecule has 0 saturated heterocycles. The van der Waals surface area contributed by atoms with Crippen LogP contribution in [0.4, 0.5) is 5.69 Å². The first-order valence-electron chi connectivity index (χ1n) is 5.54. The van der Waals surface area contributed by atoms with E-state index in [1.165, 1.54) is 12.1 Å². The summed E-state index contributed by atoms with van der Waals surface area (Å²) in [6.45, 7) is 1.86. The SMILES string of the molecule is Cc1cc(Oc2ccc(N)c(C(=O)O)c2)ccc1Cl. The number of aryl methyl sites for hydroxylation is 1. The number of hydrogen-bond acceptors (Lipinski definition) is 3. The Morgan fingerprint density at radius 3 is 2.47 bits per heavy atom. The number of nitrogens with two attached hydrogens (primary N) is 1. The first-order chi connectivity index (χ1) is 8.97.